The SMILES string of the molecule is COc1ccccc1C(CN)Cc1ccccc1F. The lowest BCUT2D eigenvalue weighted by Crippen LogP contribution is -2.16. The van der Waals surface area contributed by atoms with Crippen LogP contribution in [-0.4, -0.2) is 13.7 Å². The summed E-state index contributed by atoms with van der Waals surface area (Å²) in [5.41, 5.74) is 7.56. The molecule has 0 saturated carbocycles. The molecular weight excluding hydrogens is 241 g/mol. The lowest BCUT2D eigenvalue weighted by Gasteiger charge is -2.18. The Hall–Kier alpha value is -1.87. The molecule has 3 heteroatoms. The molecule has 0 radical (unpaired) electrons. The summed E-state index contributed by atoms with van der Waals surface area (Å²) in [5, 5.41) is 0. The Kier molecular flexibility index (Phi) is 4.53. The van der Waals surface area contributed by atoms with Gasteiger partial charge in [-0.05, 0) is 36.2 Å². The van der Waals surface area contributed by atoms with Crippen molar-refractivity contribution in [1.29, 1.82) is 0 Å². The van der Waals surface area contributed by atoms with Gasteiger partial charge in [-0.2, -0.15) is 0 Å². The van der Waals surface area contributed by atoms with Crippen LogP contribution in [-0.2, 0) is 6.42 Å². The number of hydrogen-bond acceptors (Lipinski definition) is 2. The minimum atomic E-state index is -0.184. The van der Waals surface area contributed by atoms with Crippen LogP contribution in [0.3, 0.4) is 0 Å². The fourth-order valence-electron chi connectivity index (χ4n) is 2.25. The maximum Gasteiger partial charge on any atom is 0.126 e. The molecule has 0 heterocycles. The number of halogens is 1. The molecule has 0 aliphatic rings. The van der Waals surface area contributed by atoms with Gasteiger partial charge in [-0.25, -0.2) is 4.39 Å². The van der Waals surface area contributed by atoms with Crippen LogP contribution in [0.5, 0.6) is 5.75 Å². The van der Waals surface area contributed by atoms with Crippen LogP contribution in [0, 0.1) is 5.82 Å². The summed E-state index contributed by atoms with van der Waals surface area (Å²) in [6.45, 7) is 0.453. The Morgan fingerprint density at radius 3 is 2.47 bits per heavy atom. The molecule has 1 atom stereocenters. The summed E-state index contributed by atoms with van der Waals surface area (Å²) in [4.78, 5) is 0. The molecule has 0 fully saturated rings. The molecule has 0 aliphatic heterocycles. The smallest absolute Gasteiger partial charge is 0.126 e. The van der Waals surface area contributed by atoms with Crippen LogP contribution < -0.4 is 10.5 Å². The van der Waals surface area contributed by atoms with Gasteiger partial charge in [0.2, 0.25) is 0 Å². The van der Waals surface area contributed by atoms with Crippen molar-refractivity contribution < 1.29 is 9.13 Å². The summed E-state index contributed by atoms with van der Waals surface area (Å²) in [5.74, 6) is 0.665. The van der Waals surface area contributed by atoms with Crippen molar-refractivity contribution in [3.8, 4) is 5.75 Å². The maximum absolute atomic E-state index is 13.7. The number of hydrogen-bond donors (Lipinski definition) is 1. The number of benzene rings is 2. The van der Waals surface area contributed by atoms with Gasteiger partial charge in [0.25, 0.3) is 0 Å². The molecule has 0 aromatic heterocycles. The highest BCUT2D eigenvalue weighted by Crippen LogP contribution is 2.29. The molecule has 0 amide bonds. The van der Waals surface area contributed by atoms with Gasteiger partial charge in [-0.15, -0.1) is 0 Å². The third-order valence-electron chi connectivity index (χ3n) is 3.29. The van der Waals surface area contributed by atoms with E-state index in [0.29, 0.717) is 18.5 Å². The second kappa shape index (κ2) is 6.34. The van der Waals surface area contributed by atoms with Gasteiger partial charge in [0.15, 0.2) is 0 Å². The predicted octanol–water partition coefficient (Wildman–Crippen LogP) is 3.12. The van der Waals surface area contributed by atoms with E-state index in [-0.39, 0.29) is 11.7 Å². The number of methoxy groups -OCH3 is 1. The molecule has 2 rings (SSSR count). The largest absolute Gasteiger partial charge is 0.496 e. The number of ether oxygens (including phenoxy) is 1. The average Bonchev–Trinajstić information content (AvgIpc) is 2.46. The van der Waals surface area contributed by atoms with Gasteiger partial charge >= 0.3 is 0 Å². The van der Waals surface area contributed by atoms with E-state index in [2.05, 4.69) is 0 Å². The zero-order chi connectivity index (χ0) is 13.7. The van der Waals surface area contributed by atoms with Crippen molar-refractivity contribution in [3.05, 3.63) is 65.5 Å². The number of nitrogens with two attached hydrogens (primary N) is 1. The van der Waals surface area contributed by atoms with Crippen molar-refractivity contribution in [2.24, 2.45) is 5.73 Å². The van der Waals surface area contributed by atoms with E-state index in [1.54, 1.807) is 19.2 Å². The van der Waals surface area contributed by atoms with Crippen LogP contribution in [0.25, 0.3) is 0 Å². The van der Waals surface area contributed by atoms with Crippen molar-refractivity contribution >= 4 is 0 Å². The van der Waals surface area contributed by atoms with E-state index in [9.17, 15) is 4.39 Å². The van der Waals surface area contributed by atoms with Crippen LogP contribution in [0.4, 0.5) is 4.39 Å². The predicted molar refractivity (Wildman–Crippen MR) is 74.9 cm³/mol. The first-order chi connectivity index (χ1) is 9.26. The molecule has 19 heavy (non-hydrogen) atoms. The van der Waals surface area contributed by atoms with Gasteiger partial charge in [-0.1, -0.05) is 36.4 Å². The summed E-state index contributed by atoms with van der Waals surface area (Å²) in [7, 11) is 1.63. The standard InChI is InChI=1S/C16H18FNO/c1-19-16-9-5-3-7-14(16)13(11-18)10-12-6-2-4-8-15(12)17/h2-9,13H,10-11,18H2,1H3. The Bertz CT molecular complexity index is 542. The van der Waals surface area contributed by atoms with Crippen molar-refractivity contribution in [1.82, 2.24) is 0 Å². The fourth-order valence-corrected chi connectivity index (χ4v) is 2.25. The van der Waals surface area contributed by atoms with E-state index in [0.717, 1.165) is 11.3 Å². The van der Waals surface area contributed by atoms with E-state index in [1.165, 1.54) is 6.07 Å². The molecular formula is C16H18FNO. The quantitative estimate of drug-likeness (QED) is 0.895. The molecule has 100 valence electrons. The molecule has 0 bridgehead atoms. The molecule has 2 N–H and O–H groups in total. The van der Waals surface area contributed by atoms with Crippen LogP contribution in [0.2, 0.25) is 0 Å². The topological polar surface area (TPSA) is 35.2 Å². The van der Waals surface area contributed by atoms with Gasteiger partial charge in [-0.3, -0.25) is 0 Å². The third kappa shape index (κ3) is 3.12. The van der Waals surface area contributed by atoms with Crippen LogP contribution >= 0.6 is 0 Å². The Labute approximate surface area is 113 Å². The van der Waals surface area contributed by atoms with Crippen molar-refractivity contribution in [2.75, 3.05) is 13.7 Å². The highest BCUT2D eigenvalue weighted by Gasteiger charge is 2.16. The Morgan fingerprint density at radius 2 is 1.79 bits per heavy atom. The molecule has 0 aliphatic carbocycles. The molecule has 2 aromatic rings. The highest BCUT2D eigenvalue weighted by molar-refractivity contribution is 5.37. The molecule has 2 nitrogen and oxygen atoms in total. The highest BCUT2D eigenvalue weighted by atomic mass is 19.1. The monoisotopic (exact) mass is 259 g/mol. The summed E-state index contributed by atoms with van der Waals surface area (Å²) in [6, 6.07) is 14.6. The van der Waals surface area contributed by atoms with E-state index >= 15 is 0 Å². The maximum atomic E-state index is 13.7. The van der Waals surface area contributed by atoms with Gasteiger partial charge in [0, 0.05) is 5.92 Å². The second-order valence-electron chi connectivity index (χ2n) is 4.47. The molecule has 1 unspecified atom stereocenters. The minimum absolute atomic E-state index is 0.0491. The zero-order valence-electron chi connectivity index (χ0n) is 11.0. The van der Waals surface area contributed by atoms with Crippen LogP contribution in [0.1, 0.15) is 17.0 Å². The minimum Gasteiger partial charge on any atom is -0.496 e. The van der Waals surface area contributed by atoms with Crippen molar-refractivity contribution in [3.63, 3.8) is 0 Å². The average molecular weight is 259 g/mol. The number of para-hydroxylation sites is 1. The van der Waals surface area contributed by atoms with Crippen LogP contribution in [0.15, 0.2) is 48.5 Å². The fraction of sp³-hybridized carbons (Fsp3) is 0.250. The van der Waals surface area contributed by atoms with Crippen molar-refractivity contribution in [2.45, 2.75) is 12.3 Å². The van der Waals surface area contributed by atoms with Gasteiger partial charge < -0.3 is 10.5 Å². The molecule has 0 saturated heterocycles. The lowest BCUT2D eigenvalue weighted by atomic mass is 9.91. The second-order valence-corrected chi connectivity index (χ2v) is 4.47. The Morgan fingerprint density at radius 1 is 1.11 bits per heavy atom. The first-order valence-corrected chi connectivity index (χ1v) is 6.32. The van der Waals surface area contributed by atoms with E-state index < -0.39 is 0 Å². The van der Waals surface area contributed by atoms with Gasteiger partial charge in [0.05, 0.1) is 7.11 Å². The van der Waals surface area contributed by atoms with Gasteiger partial charge in [0.1, 0.15) is 11.6 Å². The third-order valence-corrected chi connectivity index (χ3v) is 3.29. The zero-order valence-corrected chi connectivity index (χ0v) is 11.0. The number of rotatable bonds is 5. The first-order valence-electron chi connectivity index (χ1n) is 6.32. The first kappa shape index (κ1) is 13.6. The van der Waals surface area contributed by atoms with E-state index in [1.807, 2.05) is 30.3 Å². The summed E-state index contributed by atoms with van der Waals surface area (Å²) in [6.07, 6.45) is 0.573. The molecule has 0 spiro atoms. The summed E-state index contributed by atoms with van der Waals surface area (Å²) >= 11 is 0. The normalized spacial score (nSPS) is 12.2. The lowest BCUT2D eigenvalue weighted by molar-refractivity contribution is 0.405. The van der Waals surface area contributed by atoms with E-state index in [4.69, 9.17) is 10.5 Å². The summed E-state index contributed by atoms with van der Waals surface area (Å²) < 4.78 is 19.1. The molecule has 2 aromatic carbocycles. The Balaban J connectivity index is 2.28.